The minimum absolute atomic E-state index is 0.511. The lowest BCUT2D eigenvalue weighted by atomic mass is 9.72. The van der Waals surface area contributed by atoms with Crippen LogP contribution in [0.15, 0.2) is 33.8 Å². The molecule has 114 valence electrons. The van der Waals surface area contributed by atoms with Crippen molar-refractivity contribution in [2.24, 2.45) is 16.9 Å². The third kappa shape index (κ3) is 3.16. The number of hydrogen-bond donors (Lipinski definition) is 0. The molecule has 0 aliphatic carbocycles. The molecular formula is C17H23BrN2O. The van der Waals surface area contributed by atoms with Crippen molar-refractivity contribution in [2.45, 2.75) is 25.7 Å². The highest BCUT2D eigenvalue weighted by molar-refractivity contribution is 9.10. The Kier molecular flexibility index (Phi) is 4.65. The number of benzene rings is 1. The monoisotopic (exact) mass is 350 g/mol. The Bertz CT molecular complexity index is 525. The first kappa shape index (κ1) is 15.0. The van der Waals surface area contributed by atoms with Crippen LogP contribution in [-0.4, -0.2) is 37.5 Å². The summed E-state index contributed by atoms with van der Waals surface area (Å²) in [6.07, 6.45) is 2.30. The van der Waals surface area contributed by atoms with Crippen LogP contribution in [0, 0.1) is 11.8 Å². The van der Waals surface area contributed by atoms with Crippen molar-refractivity contribution >= 4 is 21.6 Å². The van der Waals surface area contributed by atoms with Gasteiger partial charge >= 0.3 is 0 Å². The van der Waals surface area contributed by atoms with Gasteiger partial charge in [0.2, 0.25) is 0 Å². The van der Waals surface area contributed by atoms with Crippen LogP contribution < -0.4 is 0 Å². The van der Waals surface area contributed by atoms with Gasteiger partial charge in [0.1, 0.15) is 0 Å². The predicted octanol–water partition coefficient (Wildman–Crippen LogP) is 3.90. The zero-order valence-corrected chi connectivity index (χ0v) is 14.3. The fourth-order valence-corrected chi connectivity index (χ4v) is 4.34. The normalized spacial score (nSPS) is 25.0. The lowest BCUT2D eigenvalue weighted by Gasteiger charge is -2.35. The molecule has 21 heavy (non-hydrogen) atoms. The van der Waals surface area contributed by atoms with Gasteiger partial charge in [-0.25, -0.2) is 0 Å². The number of halogens is 1. The Balaban J connectivity index is 1.95. The van der Waals surface area contributed by atoms with Crippen LogP contribution in [0.5, 0.6) is 0 Å². The maximum Gasteiger partial charge on any atom is 0.0468 e. The predicted molar refractivity (Wildman–Crippen MR) is 89.7 cm³/mol. The molecule has 2 aliphatic rings. The molecule has 0 radical (unpaired) electrons. The van der Waals surface area contributed by atoms with E-state index >= 15 is 0 Å². The van der Waals surface area contributed by atoms with E-state index in [0.717, 1.165) is 32.6 Å². The SMILES string of the molecule is CC1=NN(C)C[C@@H]1C(c1ccccc1Br)C1CCOCC1. The molecular weight excluding hydrogens is 328 g/mol. The van der Waals surface area contributed by atoms with Crippen LogP contribution in [0.4, 0.5) is 0 Å². The highest BCUT2D eigenvalue weighted by atomic mass is 79.9. The Morgan fingerprint density at radius 3 is 2.62 bits per heavy atom. The summed E-state index contributed by atoms with van der Waals surface area (Å²) in [4.78, 5) is 0. The maximum atomic E-state index is 5.57. The lowest BCUT2D eigenvalue weighted by Crippen LogP contribution is -2.32. The zero-order valence-electron chi connectivity index (χ0n) is 12.8. The van der Waals surface area contributed by atoms with Crippen molar-refractivity contribution in [3.05, 3.63) is 34.3 Å². The molecule has 2 atom stereocenters. The summed E-state index contributed by atoms with van der Waals surface area (Å²) in [7, 11) is 2.07. The number of nitrogens with zero attached hydrogens (tertiary/aromatic N) is 2. The molecule has 0 spiro atoms. The lowest BCUT2D eigenvalue weighted by molar-refractivity contribution is 0.0530. The van der Waals surface area contributed by atoms with Crippen molar-refractivity contribution < 1.29 is 4.74 Å². The second-order valence-corrected chi connectivity index (χ2v) is 7.04. The van der Waals surface area contributed by atoms with E-state index in [1.54, 1.807) is 0 Å². The second-order valence-electron chi connectivity index (χ2n) is 6.19. The Labute approximate surface area is 135 Å². The fourth-order valence-electron chi connectivity index (χ4n) is 3.79. The molecule has 3 rings (SSSR count). The zero-order chi connectivity index (χ0) is 14.8. The van der Waals surface area contributed by atoms with E-state index in [1.807, 2.05) is 0 Å². The van der Waals surface area contributed by atoms with Crippen LogP contribution in [0.3, 0.4) is 0 Å². The molecule has 0 N–H and O–H groups in total. The van der Waals surface area contributed by atoms with Crippen LogP contribution in [0.1, 0.15) is 31.2 Å². The number of hydrogen-bond acceptors (Lipinski definition) is 3. The minimum atomic E-state index is 0.511. The van der Waals surface area contributed by atoms with Crippen molar-refractivity contribution in [1.82, 2.24) is 5.01 Å². The van der Waals surface area contributed by atoms with Crippen LogP contribution in [0.25, 0.3) is 0 Å². The highest BCUT2D eigenvalue weighted by Gasteiger charge is 2.37. The molecule has 1 aromatic carbocycles. The second kappa shape index (κ2) is 6.49. The summed E-state index contributed by atoms with van der Waals surface area (Å²) in [5, 5.41) is 6.73. The Morgan fingerprint density at radius 2 is 2.00 bits per heavy atom. The van der Waals surface area contributed by atoms with Gasteiger partial charge in [0.15, 0.2) is 0 Å². The van der Waals surface area contributed by atoms with Gasteiger partial charge in [-0.2, -0.15) is 5.10 Å². The van der Waals surface area contributed by atoms with E-state index in [-0.39, 0.29) is 0 Å². The molecule has 4 heteroatoms. The summed E-state index contributed by atoms with van der Waals surface area (Å²) in [5.74, 6) is 1.72. The van der Waals surface area contributed by atoms with Crippen LogP contribution in [0.2, 0.25) is 0 Å². The summed E-state index contributed by atoms with van der Waals surface area (Å²) in [6, 6.07) is 8.68. The standard InChI is InChI=1S/C17H23BrN2O/c1-12-15(11-20(2)19-12)17(13-7-9-21-10-8-13)14-5-3-4-6-16(14)18/h3-6,13,15,17H,7-11H2,1-2H3/t15-,17?/m0/s1. The molecule has 0 bridgehead atoms. The highest BCUT2D eigenvalue weighted by Crippen LogP contribution is 2.42. The van der Waals surface area contributed by atoms with E-state index in [2.05, 4.69) is 64.3 Å². The van der Waals surface area contributed by atoms with E-state index in [0.29, 0.717) is 17.8 Å². The molecule has 0 aromatic heterocycles. The van der Waals surface area contributed by atoms with Gasteiger partial charge in [0, 0.05) is 42.9 Å². The summed E-state index contributed by atoms with van der Waals surface area (Å²) in [6.45, 7) is 4.99. The topological polar surface area (TPSA) is 24.8 Å². The van der Waals surface area contributed by atoms with Gasteiger partial charge in [-0.15, -0.1) is 0 Å². The molecule has 2 heterocycles. The molecule has 3 nitrogen and oxygen atoms in total. The first-order valence-corrected chi connectivity index (χ1v) is 8.54. The average molecular weight is 351 g/mol. The molecule has 0 saturated carbocycles. The first-order valence-electron chi connectivity index (χ1n) is 7.75. The third-order valence-corrected chi connectivity index (χ3v) is 5.52. The van der Waals surface area contributed by atoms with E-state index < -0.39 is 0 Å². The van der Waals surface area contributed by atoms with Gasteiger partial charge in [-0.05, 0) is 43.2 Å². The summed E-state index contributed by atoms with van der Waals surface area (Å²) < 4.78 is 6.80. The summed E-state index contributed by atoms with van der Waals surface area (Å²) >= 11 is 3.76. The van der Waals surface area contributed by atoms with Crippen molar-refractivity contribution in [3.63, 3.8) is 0 Å². The van der Waals surface area contributed by atoms with Gasteiger partial charge in [-0.1, -0.05) is 34.1 Å². The average Bonchev–Trinajstić information content (AvgIpc) is 2.81. The molecule has 1 saturated heterocycles. The molecule has 1 aromatic rings. The Morgan fingerprint density at radius 1 is 1.29 bits per heavy atom. The van der Waals surface area contributed by atoms with E-state index in [4.69, 9.17) is 4.74 Å². The van der Waals surface area contributed by atoms with Crippen molar-refractivity contribution in [3.8, 4) is 0 Å². The quantitative estimate of drug-likeness (QED) is 0.825. The van der Waals surface area contributed by atoms with E-state index in [9.17, 15) is 0 Å². The molecule has 2 aliphatic heterocycles. The van der Waals surface area contributed by atoms with Crippen molar-refractivity contribution in [1.29, 1.82) is 0 Å². The van der Waals surface area contributed by atoms with E-state index in [1.165, 1.54) is 15.7 Å². The third-order valence-electron chi connectivity index (χ3n) is 4.80. The minimum Gasteiger partial charge on any atom is -0.381 e. The molecule has 1 fully saturated rings. The first-order chi connectivity index (χ1) is 10.2. The molecule has 1 unspecified atom stereocenters. The smallest absolute Gasteiger partial charge is 0.0468 e. The maximum absolute atomic E-state index is 5.57. The largest absolute Gasteiger partial charge is 0.381 e. The number of hydrazone groups is 1. The van der Waals surface area contributed by atoms with Crippen molar-refractivity contribution in [2.75, 3.05) is 26.8 Å². The van der Waals surface area contributed by atoms with Crippen LogP contribution >= 0.6 is 15.9 Å². The number of rotatable bonds is 3. The van der Waals surface area contributed by atoms with Gasteiger partial charge in [0.25, 0.3) is 0 Å². The fraction of sp³-hybridized carbons (Fsp3) is 0.588. The van der Waals surface area contributed by atoms with Gasteiger partial charge in [-0.3, -0.25) is 5.01 Å². The van der Waals surface area contributed by atoms with Gasteiger partial charge in [0.05, 0.1) is 0 Å². The summed E-state index contributed by atoms with van der Waals surface area (Å²) in [5.41, 5.74) is 2.70. The number of ether oxygens (including phenoxy) is 1. The van der Waals surface area contributed by atoms with Gasteiger partial charge < -0.3 is 4.74 Å². The Hall–Kier alpha value is -0.870. The van der Waals surface area contributed by atoms with Crippen LogP contribution in [-0.2, 0) is 4.74 Å². The molecule has 0 amide bonds.